The van der Waals surface area contributed by atoms with Crippen molar-refractivity contribution in [3.63, 3.8) is 0 Å². The van der Waals surface area contributed by atoms with Gasteiger partial charge < -0.3 is 9.73 Å². The molecule has 2 aromatic rings. The summed E-state index contributed by atoms with van der Waals surface area (Å²) >= 11 is 3.12. The monoisotopic (exact) mass is 269 g/mol. The molecule has 0 atom stereocenters. The van der Waals surface area contributed by atoms with Crippen molar-refractivity contribution >= 4 is 27.7 Å². The SMILES string of the molecule is Cc1cc(NC(=O)c2coc(Br)c2)n[nH]1. The Morgan fingerprint density at radius 3 is 2.93 bits per heavy atom. The Morgan fingerprint density at radius 1 is 1.60 bits per heavy atom. The predicted octanol–water partition coefficient (Wildman–Crippen LogP) is 2.33. The molecule has 0 saturated carbocycles. The number of aryl methyl sites for hydroxylation is 1. The molecule has 0 spiro atoms. The van der Waals surface area contributed by atoms with E-state index in [0.29, 0.717) is 16.1 Å². The van der Waals surface area contributed by atoms with Crippen LogP contribution in [0.4, 0.5) is 5.82 Å². The average Bonchev–Trinajstić information content (AvgIpc) is 2.75. The lowest BCUT2D eigenvalue weighted by Crippen LogP contribution is -2.10. The Labute approximate surface area is 94.0 Å². The van der Waals surface area contributed by atoms with Gasteiger partial charge in [-0.15, -0.1) is 0 Å². The summed E-state index contributed by atoms with van der Waals surface area (Å²) in [6.07, 6.45) is 1.37. The molecule has 0 saturated heterocycles. The molecular formula is C9H8BrN3O2. The van der Waals surface area contributed by atoms with Crippen LogP contribution in [-0.2, 0) is 0 Å². The second kappa shape index (κ2) is 3.90. The van der Waals surface area contributed by atoms with Gasteiger partial charge in [0.05, 0.1) is 5.56 Å². The first kappa shape index (κ1) is 9.97. The summed E-state index contributed by atoms with van der Waals surface area (Å²) in [5.74, 6) is 0.241. The standard InChI is InChI=1S/C9H8BrN3O2/c1-5-2-8(13-12-5)11-9(14)6-3-7(10)15-4-6/h2-4H,1H3,(H2,11,12,13,14). The zero-order valence-electron chi connectivity index (χ0n) is 7.87. The maximum atomic E-state index is 11.6. The van der Waals surface area contributed by atoms with Crippen molar-refractivity contribution in [1.29, 1.82) is 0 Å². The Hall–Kier alpha value is -1.56. The van der Waals surface area contributed by atoms with E-state index < -0.39 is 0 Å². The summed E-state index contributed by atoms with van der Waals surface area (Å²) in [5.41, 5.74) is 1.33. The molecule has 0 radical (unpaired) electrons. The lowest BCUT2D eigenvalue weighted by atomic mass is 10.3. The van der Waals surface area contributed by atoms with Gasteiger partial charge in [-0.25, -0.2) is 0 Å². The van der Waals surface area contributed by atoms with Crippen molar-refractivity contribution in [3.05, 3.63) is 34.3 Å². The van der Waals surface area contributed by atoms with E-state index in [-0.39, 0.29) is 5.91 Å². The number of aromatic nitrogens is 2. The largest absolute Gasteiger partial charge is 0.457 e. The number of nitrogens with one attached hydrogen (secondary N) is 2. The summed E-state index contributed by atoms with van der Waals surface area (Å²) in [5, 5.41) is 9.25. The normalized spacial score (nSPS) is 10.3. The Morgan fingerprint density at radius 2 is 2.40 bits per heavy atom. The third-order valence-electron chi connectivity index (χ3n) is 1.78. The van der Waals surface area contributed by atoms with Gasteiger partial charge in [-0.2, -0.15) is 5.10 Å². The number of H-pyrrole nitrogens is 1. The van der Waals surface area contributed by atoms with Crippen molar-refractivity contribution in [1.82, 2.24) is 10.2 Å². The van der Waals surface area contributed by atoms with Crippen LogP contribution in [0, 0.1) is 6.92 Å². The number of hydrogen-bond donors (Lipinski definition) is 2. The van der Waals surface area contributed by atoms with Crippen LogP contribution in [0.25, 0.3) is 0 Å². The number of carbonyl (C=O) groups is 1. The molecule has 2 rings (SSSR count). The summed E-state index contributed by atoms with van der Waals surface area (Å²) in [4.78, 5) is 11.6. The maximum absolute atomic E-state index is 11.6. The van der Waals surface area contributed by atoms with Gasteiger partial charge in [0.1, 0.15) is 6.26 Å². The predicted molar refractivity (Wildman–Crippen MR) is 57.7 cm³/mol. The quantitative estimate of drug-likeness (QED) is 0.879. The number of aromatic amines is 1. The van der Waals surface area contributed by atoms with E-state index in [9.17, 15) is 4.79 Å². The second-order valence-electron chi connectivity index (χ2n) is 3.03. The summed E-state index contributed by atoms with van der Waals surface area (Å²) in [6, 6.07) is 3.34. The van der Waals surface area contributed by atoms with Crippen molar-refractivity contribution in [3.8, 4) is 0 Å². The number of anilines is 1. The fourth-order valence-electron chi connectivity index (χ4n) is 1.10. The van der Waals surface area contributed by atoms with Crippen LogP contribution in [0.2, 0.25) is 0 Å². The Bertz CT molecular complexity index is 489. The van der Waals surface area contributed by atoms with Gasteiger partial charge in [0.25, 0.3) is 5.91 Å². The highest BCUT2D eigenvalue weighted by Crippen LogP contribution is 2.15. The molecule has 2 heterocycles. The van der Waals surface area contributed by atoms with Gasteiger partial charge in [-0.05, 0) is 22.9 Å². The lowest BCUT2D eigenvalue weighted by Gasteiger charge is -1.96. The first-order valence-electron chi connectivity index (χ1n) is 4.22. The first-order valence-corrected chi connectivity index (χ1v) is 5.02. The molecule has 0 aromatic carbocycles. The van der Waals surface area contributed by atoms with E-state index in [1.165, 1.54) is 6.26 Å². The van der Waals surface area contributed by atoms with Crippen LogP contribution < -0.4 is 5.32 Å². The molecule has 0 fully saturated rings. The number of furan rings is 1. The molecule has 2 aromatic heterocycles. The van der Waals surface area contributed by atoms with Crippen molar-refractivity contribution < 1.29 is 9.21 Å². The third kappa shape index (κ3) is 2.27. The minimum Gasteiger partial charge on any atom is -0.457 e. The van der Waals surface area contributed by atoms with Crippen LogP contribution >= 0.6 is 15.9 Å². The highest BCUT2D eigenvalue weighted by molar-refractivity contribution is 9.10. The minimum absolute atomic E-state index is 0.254. The fraction of sp³-hybridized carbons (Fsp3) is 0.111. The van der Waals surface area contributed by atoms with Crippen LogP contribution in [0.1, 0.15) is 16.1 Å². The van der Waals surface area contributed by atoms with E-state index in [1.807, 2.05) is 6.92 Å². The molecule has 0 aliphatic heterocycles. The van der Waals surface area contributed by atoms with Crippen LogP contribution in [0.3, 0.4) is 0 Å². The number of amides is 1. The molecule has 6 heteroatoms. The van der Waals surface area contributed by atoms with Crippen LogP contribution in [0.5, 0.6) is 0 Å². The molecule has 0 unspecified atom stereocenters. The van der Waals surface area contributed by atoms with Crippen molar-refractivity contribution in [2.24, 2.45) is 0 Å². The van der Waals surface area contributed by atoms with Gasteiger partial charge in [-0.1, -0.05) is 0 Å². The Balaban J connectivity index is 2.10. The summed E-state index contributed by atoms with van der Waals surface area (Å²) in [7, 11) is 0. The van der Waals surface area contributed by atoms with Gasteiger partial charge in [0, 0.05) is 17.8 Å². The second-order valence-corrected chi connectivity index (χ2v) is 3.81. The molecule has 0 aliphatic carbocycles. The molecule has 1 amide bonds. The van der Waals surface area contributed by atoms with Gasteiger partial charge >= 0.3 is 0 Å². The van der Waals surface area contributed by atoms with E-state index in [4.69, 9.17) is 4.42 Å². The van der Waals surface area contributed by atoms with Crippen molar-refractivity contribution in [2.75, 3.05) is 5.32 Å². The fourth-order valence-corrected chi connectivity index (χ4v) is 1.44. The summed E-state index contributed by atoms with van der Waals surface area (Å²) in [6.45, 7) is 1.86. The number of carbonyl (C=O) groups excluding carboxylic acids is 1. The maximum Gasteiger partial charge on any atom is 0.260 e. The van der Waals surface area contributed by atoms with E-state index in [2.05, 4.69) is 31.4 Å². The third-order valence-corrected chi connectivity index (χ3v) is 2.19. The Kier molecular flexibility index (Phi) is 2.59. The number of halogens is 1. The van der Waals surface area contributed by atoms with E-state index >= 15 is 0 Å². The highest BCUT2D eigenvalue weighted by Gasteiger charge is 2.10. The molecule has 0 bridgehead atoms. The molecule has 5 nitrogen and oxygen atoms in total. The van der Waals surface area contributed by atoms with Crippen LogP contribution in [-0.4, -0.2) is 16.1 Å². The lowest BCUT2D eigenvalue weighted by molar-refractivity contribution is 0.102. The molecule has 2 N–H and O–H groups in total. The highest BCUT2D eigenvalue weighted by atomic mass is 79.9. The minimum atomic E-state index is -0.254. The summed E-state index contributed by atoms with van der Waals surface area (Å²) < 4.78 is 5.48. The van der Waals surface area contributed by atoms with Crippen LogP contribution in [0.15, 0.2) is 27.5 Å². The molecule has 78 valence electrons. The van der Waals surface area contributed by atoms with E-state index in [1.54, 1.807) is 12.1 Å². The van der Waals surface area contributed by atoms with Crippen molar-refractivity contribution in [2.45, 2.75) is 6.92 Å². The first-order chi connectivity index (χ1) is 7.15. The molecular weight excluding hydrogens is 262 g/mol. The van der Waals surface area contributed by atoms with Gasteiger partial charge in [0.15, 0.2) is 10.5 Å². The molecule has 0 aliphatic rings. The zero-order valence-corrected chi connectivity index (χ0v) is 9.46. The smallest absolute Gasteiger partial charge is 0.260 e. The number of hydrogen-bond acceptors (Lipinski definition) is 3. The molecule has 15 heavy (non-hydrogen) atoms. The van der Waals surface area contributed by atoms with Gasteiger partial charge in [-0.3, -0.25) is 9.89 Å². The van der Waals surface area contributed by atoms with E-state index in [0.717, 1.165) is 5.69 Å². The number of rotatable bonds is 2. The van der Waals surface area contributed by atoms with Gasteiger partial charge in [0.2, 0.25) is 0 Å². The topological polar surface area (TPSA) is 70.9 Å². The zero-order chi connectivity index (χ0) is 10.8. The number of nitrogens with zero attached hydrogens (tertiary/aromatic N) is 1. The average molecular weight is 270 g/mol.